The smallest absolute Gasteiger partial charge is 0.392 e. The molecule has 0 fully saturated rings. The number of hydrogen-bond acceptors (Lipinski definition) is 5. The molecule has 0 amide bonds. The zero-order chi connectivity index (χ0) is 19.2. The van der Waals surface area contributed by atoms with Crippen LogP contribution in [0.15, 0.2) is 66.9 Å². The highest BCUT2D eigenvalue weighted by molar-refractivity contribution is 6.02. The first-order chi connectivity index (χ1) is 13.1. The van der Waals surface area contributed by atoms with E-state index in [1.54, 1.807) is 24.3 Å². The number of diazo groups is 1. The van der Waals surface area contributed by atoms with Gasteiger partial charge in [-0.15, -0.1) is 0 Å². The average molecular weight is 361 g/mol. The Morgan fingerprint density at radius 2 is 1.89 bits per heavy atom. The van der Waals surface area contributed by atoms with E-state index in [9.17, 15) is 9.90 Å². The van der Waals surface area contributed by atoms with Crippen LogP contribution in [-0.4, -0.2) is 18.2 Å². The van der Waals surface area contributed by atoms with E-state index >= 15 is 0 Å². The van der Waals surface area contributed by atoms with Gasteiger partial charge in [-0.25, -0.2) is 4.79 Å². The molecule has 0 aliphatic heterocycles. The third-order valence-electron chi connectivity index (χ3n) is 4.07. The minimum atomic E-state index is -0.551. The van der Waals surface area contributed by atoms with Crippen LogP contribution in [0.25, 0.3) is 21.5 Å². The maximum Gasteiger partial charge on any atom is 0.392 e. The molecule has 6 heteroatoms. The van der Waals surface area contributed by atoms with Gasteiger partial charge in [-0.3, -0.25) is 0 Å². The molecule has 3 rings (SSSR count). The molecule has 6 nitrogen and oxygen atoms in total. The third-order valence-corrected chi connectivity index (χ3v) is 4.07. The Bertz CT molecular complexity index is 1050. The van der Waals surface area contributed by atoms with E-state index < -0.39 is 5.97 Å². The number of ether oxygens (including phenoxy) is 2. The van der Waals surface area contributed by atoms with E-state index in [4.69, 9.17) is 14.9 Å². The number of methoxy groups -OCH3 is 1. The van der Waals surface area contributed by atoms with Crippen LogP contribution >= 0.6 is 0 Å². The molecular weight excluding hydrogens is 344 g/mol. The summed E-state index contributed by atoms with van der Waals surface area (Å²) in [6.07, 6.45) is 0.896. The van der Waals surface area contributed by atoms with Gasteiger partial charge in [-0.1, -0.05) is 42.5 Å². The number of aliphatic hydroxyl groups is 1. The third kappa shape index (κ3) is 3.88. The van der Waals surface area contributed by atoms with Crippen molar-refractivity contribution < 1.29 is 19.4 Å². The summed E-state index contributed by atoms with van der Waals surface area (Å²) in [6, 6.07) is 18.2. The van der Waals surface area contributed by atoms with E-state index in [-0.39, 0.29) is 11.3 Å². The molecule has 0 heterocycles. The largest absolute Gasteiger partial charge is 0.501 e. The molecule has 0 spiro atoms. The Morgan fingerprint density at radius 3 is 2.59 bits per heavy atom. The molecule has 0 radical (unpaired) electrons. The van der Waals surface area contributed by atoms with Crippen molar-refractivity contribution in [2.24, 2.45) is 0 Å². The van der Waals surface area contributed by atoms with E-state index in [0.717, 1.165) is 11.8 Å². The number of fused-ring (bicyclic) bond motifs is 1. The van der Waals surface area contributed by atoms with Crippen molar-refractivity contribution in [3.05, 3.63) is 88.5 Å². The van der Waals surface area contributed by atoms with Crippen LogP contribution in [0.3, 0.4) is 0 Å². The van der Waals surface area contributed by atoms with Gasteiger partial charge < -0.3 is 14.6 Å². The number of carbonyl (C=O) groups is 1. The molecule has 0 bridgehead atoms. The molecule has 0 saturated carbocycles. The minimum Gasteiger partial charge on any atom is -0.501 e. The monoisotopic (exact) mass is 361 g/mol. The Labute approximate surface area is 155 Å². The average Bonchev–Trinajstić information content (AvgIpc) is 2.71. The summed E-state index contributed by atoms with van der Waals surface area (Å²) in [5, 5.41) is 20.2. The van der Waals surface area contributed by atoms with Crippen molar-refractivity contribution in [1.29, 1.82) is 5.39 Å². The number of hydrogen-bond donors (Lipinski definition) is 1. The molecule has 0 unspecified atom stereocenters. The lowest BCUT2D eigenvalue weighted by atomic mass is 9.99. The predicted octanol–water partition coefficient (Wildman–Crippen LogP) is 4.91. The second-order valence-corrected chi connectivity index (χ2v) is 5.77. The van der Waals surface area contributed by atoms with Crippen LogP contribution < -0.4 is 4.74 Å². The van der Waals surface area contributed by atoms with Crippen LogP contribution in [0.1, 0.15) is 21.5 Å². The molecule has 1 N–H and O–H groups in total. The van der Waals surface area contributed by atoms with Gasteiger partial charge in [-0.05, 0) is 29.1 Å². The number of nitrogens with zero attached hydrogens (tertiary/aromatic N) is 2. The molecular formula is C21H17N2O4+. The fraction of sp³-hybridized carbons (Fsp3) is 0.0952. The maximum atomic E-state index is 12.0. The van der Waals surface area contributed by atoms with E-state index in [1.165, 1.54) is 13.2 Å². The first-order valence-electron chi connectivity index (χ1n) is 8.19. The van der Waals surface area contributed by atoms with Crippen molar-refractivity contribution in [1.82, 2.24) is 0 Å². The highest BCUT2D eigenvalue weighted by atomic mass is 16.5. The maximum absolute atomic E-state index is 12.0. The second kappa shape index (κ2) is 8.02. The summed E-state index contributed by atoms with van der Waals surface area (Å²) >= 11 is 0. The van der Waals surface area contributed by atoms with Crippen molar-refractivity contribution in [3.63, 3.8) is 0 Å². The lowest BCUT2D eigenvalue weighted by molar-refractivity contribution is 0.0601. The normalized spacial score (nSPS) is 11.0. The van der Waals surface area contributed by atoms with Gasteiger partial charge in [-0.2, -0.15) is 0 Å². The zero-order valence-electron chi connectivity index (χ0n) is 14.6. The van der Waals surface area contributed by atoms with E-state index in [2.05, 4.69) is 4.98 Å². The fourth-order valence-corrected chi connectivity index (χ4v) is 2.79. The lowest BCUT2D eigenvalue weighted by Crippen LogP contribution is -2.03. The Hall–Kier alpha value is -3.85. The van der Waals surface area contributed by atoms with Gasteiger partial charge in [0.15, 0.2) is 4.98 Å². The van der Waals surface area contributed by atoms with Gasteiger partial charge in [0.2, 0.25) is 11.2 Å². The molecule has 3 aromatic carbocycles. The number of rotatable bonds is 5. The SMILES string of the molecule is COC(=O)c1cc(/C(O)=C\[N+]#N)c2cccc(OCc3ccccc3)c2c1. The quantitative estimate of drug-likeness (QED) is 0.396. The van der Waals surface area contributed by atoms with Crippen LogP contribution in [0.5, 0.6) is 5.75 Å². The van der Waals surface area contributed by atoms with Crippen LogP contribution in [0, 0.1) is 5.39 Å². The molecule has 0 aromatic heterocycles. The summed E-state index contributed by atoms with van der Waals surface area (Å²) in [5.74, 6) is -0.282. The first kappa shape index (κ1) is 18.0. The minimum absolute atomic E-state index is 0.244. The van der Waals surface area contributed by atoms with Gasteiger partial charge in [0.1, 0.15) is 12.4 Å². The summed E-state index contributed by atoms with van der Waals surface area (Å²) < 4.78 is 10.7. The van der Waals surface area contributed by atoms with E-state index in [0.29, 0.717) is 28.7 Å². The van der Waals surface area contributed by atoms with Crippen molar-refractivity contribution >= 4 is 22.5 Å². The van der Waals surface area contributed by atoms with Gasteiger partial charge in [0.25, 0.3) is 0 Å². The molecule has 27 heavy (non-hydrogen) atoms. The first-order valence-corrected chi connectivity index (χ1v) is 8.19. The number of esters is 1. The Kier molecular flexibility index (Phi) is 5.33. The predicted molar refractivity (Wildman–Crippen MR) is 102 cm³/mol. The molecule has 134 valence electrons. The number of benzene rings is 3. The molecule has 0 aliphatic carbocycles. The van der Waals surface area contributed by atoms with E-state index in [1.807, 2.05) is 30.3 Å². The molecule has 0 atom stereocenters. The van der Waals surface area contributed by atoms with Crippen molar-refractivity contribution in [2.75, 3.05) is 7.11 Å². The van der Waals surface area contributed by atoms with Gasteiger partial charge in [0, 0.05) is 10.9 Å². The standard InChI is InChI=1S/C21H16N2O4/c1-26-21(25)15-10-17(19(24)12-23-22)16-8-5-9-20(18(16)11-15)27-13-14-6-3-2-4-7-14/h2-12H,13H2,1H3/p+1/b19-12+. The summed E-state index contributed by atoms with van der Waals surface area (Å²) in [7, 11) is 1.28. The summed E-state index contributed by atoms with van der Waals surface area (Å²) in [6.45, 7) is 0.353. The molecule has 0 aliphatic rings. The van der Waals surface area contributed by atoms with Crippen LogP contribution in [0.4, 0.5) is 0 Å². The Morgan fingerprint density at radius 1 is 1.11 bits per heavy atom. The zero-order valence-corrected chi connectivity index (χ0v) is 14.6. The van der Waals surface area contributed by atoms with Gasteiger partial charge in [0.05, 0.1) is 12.7 Å². The van der Waals surface area contributed by atoms with Gasteiger partial charge >= 0.3 is 12.2 Å². The lowest BCUT2D eigenvalue weighted by Gasteiger charge is -2.13. The molecule has 0 saturated heterocycles. The second-order valence-electron chi connectivity index (χ2n) is 5.77. The number of aliphatic hydroxyl groups excluding tert-OH is 1. The Balaban J connectivity index is 2.12. The van der Waals surface area contributed by atoms with Crippen LogP contribution in [0.2, 0.25) is 0 Å². The number of carbonyl (C=O) groups excluding carboxylic acids is 1. The van der Waals surface area contributed by atoms with Crippen molar-refractivity contribution in [3.8, 4) is 5.75 Å². The van der Waals surface area contributed by atoms with Crippen molar-refractivity contribution in [2.45, 2.75) is 6.61 Å². The topological polar surface area (TPSA) is 83.9 Å². The summed E-state index contributed by atoms with van der Waals surface area (Å²) in [5.41, 5.74) is 1.57. The van der Waals surface area contributed by atoms with Crippen LogP contribution in [-0.2, 0) is 11.3 Å². The summed E-state index contributed by atoms with van der Waals surface area (Å²) in [4.78, 5) is 14.9. The molecule has 3 aromatic rings. The highest BCUT2D eigenvalue weighted by Crippen LogP contribution is 2.33. The fourth-order valence-electron chi connectivity index (χ4n) is 2.79. The highest BCUT2D eigenvalue weighted by Gasteiger charge is 2.17.